The Labute approximate surface area is 203 Å². The number of aliphatic carboxylic acids is 2. The normalized spacial score (nSPS) is 10.3. The van der Waals surface area contributed by atoms with Gasteiger partial charge in [-0.05, 0) is 25.7 Å². The fraction of sp³-hybridized carbons (Fsp3) is 0.923. The Morgan fingerprint density at radius 1 is 0.484 bits per heavy atom. The summed E-state index contributed by atoms with van der Waals surface area (Å²) in [6.07, 6.45) is 23.1. The maximum Gasteiger partial charge on any atom is 0.0414 e. The van der Waals surface area contributed by atoms with E-state index in [0.29, 0.717) is 12.8 Å². The van der Waals surface area contributed by atoms with Crippen LogP contribution in [0.2, 0.25) is 8.87 Å². The van der Waals surface area contributed by atoms with Crippen molar-refractivity contribution >= 4 is 33.1 Å². The van der Waals surface area contributed by atoms with Gasteiger partial charge in [0.25, 0.3) is 0 Å². The van der Waals surface area contributed by atoms with Gasteiger partial charge in [-0.3, -0.25) is 0 Å². The van der Waals surface area contributed by atoms with Crippen molar-refractivity contribution in [2.24, 2.45) is 0 Å². The van der Waals surface area contributed by atoms with E-state index in [2.05, 4.69) is 13.8 Å². The molecule has 0 fully saturated rings. The number of hydrogen-bond acceptors (Lipinski definition) is 4. The molecule has 0 radical (unpaired) electrons. The van der Waals surface area contributed by atoms with Crippen LogP contribution in [0, 0.1) is 0 Å². The molecule has 0 aromatic rings. The number of unbranched alkanes of at least 4 members (excludes halogenated alkanes) is 15. The molecule has 0 spiro atoms. The van der Waals surface area contributed by atoms with E-state index in [1.54, 1.807) is 21.7 Å². The molecular weight excluding hydrogens is 495 g/mol. The van der Waals surface area contributed by atoms with Gasteiger partial charge in [0.15, 0.2) is 0 Å². The van der Waals surface area contributed by atoms with Gasteiger partial charge in [-0.25, -0.2) is 0 Å². The molecule has 5 heteroatoms. The number of rotatable bonds is 23. The van der Waals surface area contributed by atoms with E-state index in [0.717, 1.165) is 25.7 Å². The minimum absolute atomic E-state index is 0.0736. The molecule has 0 aromatic heterocycles. The quantitative estimate of drug-likeness (QED) is 0.119. The molecule has 182 valence electrons. The second-order valence-corrected chi connectivity index (χ2v) is 12.9. The van der Waals surface area contributed by atoms with Crippen LogP contribution in [0.4, 0.5) is 0 Å². The summed E-state index contributed by atoms with van der Waals surface area (Å²) >= 11 is 0.0736. The number of carboxylic acids is 2. The van der Waals surface area contributed by atoms with E-state index in [1.807, 2.05) is 0 Å². The molecule has 4 nitrogen and oxygen atoms in total. The molecule has 0 bridgehead atoms. The fourth-order valence-electron chi connectivity index (χ4n) is 3.43. The van der Waals surface area contributed by atoms with Crippen LogP contribution >= 0.6 is 0 Å². The van der Waals surface area contributed by atoms with Crippen LogP contribution in [0.5, 0.6) is 0 Å². The van der Waals surface area contributed by atoms with Crippen LogP contribution in [0.1, 0.15) is 142 Å². The largest absolute Gasteiger partial charge is 0.550 e. The SMILES string of the molecule is CCCCCCC[CH2][Sn+2][CH2]CCCCCCC.O=C([O-])CCCCCCCCC(=O)[O-]. The fourth-order valence-corrected chi connectivity index (χ4v) is 7.00. The third-order valence-corrected chi connectivity index (χ3v) is 9.46. The summed E-state index contributed by atoms with van der Waals surface area (Å²) in [5.74, 6) is -2.00. The van der Waals surface area contributed by atoms with Gasteiger partial charge in [0.1, 0.15) is 0 Å². The van der Waals surface area contributed by atoms with Crippen LogP contribution in [-0.2, 0) is 9.59 Å². The second-order valence-electron chi connectivity index (χ2n) is 8.65. The Balaban J connectivity index is 0. The average Bonchev–Trinajstić information content (AvgIpc) is 2.73. The number of carbonyl (C=O) groups excluding carboxylic acids is 2. The van der Waals surface area contributed by atoms with Crippen LogP contribution < -0.4 is 10.2 Å². The maximum atomic E-state index is 10.0. The van der Waals surface area contributed by atoms with Crippen molar-refractivity contribution in [3.63, 3.8) is 0 Å². The van der Waals surface area contributed by atoms with Crippen LogP contribution in [0.25, 0.3) is 0 Å². The minimum atomic E-state index is -0.998. The Hall–Kier alpha value is -0.261. The first-order valence-electron chi connectivity index (χ1n) is 13.1. The topological polar surface area (TPSA) is 80.3 Å². The van der Waals surface area contributed by atoms with Crippen LogP contribution in [0.15, 0.2) is 0 Å². The van der Waals surface area contributed by atoms with Gasteiger partial charge in [0.2, 0.25) is 0 Å². The molecule has 0 aliphatic carbocycles. The van der Waals surface area contributed by atoms with E-state index in [1.165, 1.54) is 64.2 Å². The summed E-state index contributed by atoms with van der Waals surface area (Å²) in [6.45, 7) is 4.60. The maximum absolute atomic E-state index is 10.0. The molecule has 0 atom stereocenters. The minimum Gasteiger partial charge on any atom is -0.550 e. The molecule has 31 heavy (non-hydrogen) atoms. The van der Waals surface area contributed by atoms with E-state index in [9.17, 15) is 19.8 Å². The molecule has 0 saturated carbocycles. The van der Waals surface area contributed by atoms with E-state index in [4.69, 9.17) is 0 Å². The standard InChI is InChI=1S/C10H18O4.2C8H17.Sn/c11-9(12)7-5-3-1-2-4-6-8-10(13)14;2*1-3-5-7-8-6-4-2;/h1-8H2,(H,11,12)(H,13,14);2*1,3-8H2,2H3;/q;;;+2/p-2. The van der Waals surface area contributed by atoms with Gasteiger partial charge in [-0.1, -0.05) is 25.7 Å². The third-order valence-electron chi connectivity index (χ3n) is 5.43. The molecule has 0 aromatic carbocycles. The molecule has 0 aliphatic heterocycles. The van der Waals surface area contributed by atoms with Gasteiger partial charge in [0, 0.05) is 11.9 Å². The smallest absolute Gasteiger partial charge is 0.0414 e. The Morgan fingerprint density at radius 2 is 0.774 bits per heavy atom. The molecule has 0 saturated heterocycles. The molecule has 0 unspecified atom stereocenters. The van der Waals surface area contributed by atoms with Crippen molar-refractivity contribution in [1.82, 2.24) is 0 Å². The van der Waals surface area contributed by atoms with Crippen molar-refractivity contribution in [3.05, 3.63) is 0 Å². The first-order valence-corrected chi connectivity index (χ1v) is 17.2. The van der Waals surface area contributed by atoms with Gasteiger partial charge in [-0.15, -0.1) is 0 Å². The van der Waals surface area contributed by atoms with Crippen LogP contribution in [0.3, 0.4) is 0 Å². The molecule has 0 amide bonds. The van der Waals surface area contributed by atoms with Crippen LogP contribution in [-0.4, -0.2) is 33.1 Å². The van der Waals surface area contributed by atoms with Crippen molar-refractivity contribution in [1.29, 1.82) is 0 Å². The van der Waals surface area contributed by atoms with Crippen molar-refractivity contribution < 1.29 is 19.8 Å². The molecule has 0 aliphatic rings. The number of carboxylic acid groups (broad SMARTS) is 2. The summed E-state index contributed by atoms with van der Waals surface area (Å²) in [5, 5.41) is 20.1. The summed E-state index contributed by atoms with van der Waals surface area (Å²) in [4.78, 5) is 20.1. The van der Waals surface area contributed by atoms with Gasteiger partial charge < -0.3 is 19.8 Å². The van der Waals surface area contributed by atoms with Gasteiger partial charge >= 0.3 is 121 Å². The Bertz CT molecular complexity index is 340. The van der Waals surface area contributed by atoms with E-state index >= 15 is 0 Å². The molecule has 0 rings (SSSR count). The summed E-state index contributed by atoms with van der Waals surface area (Å²) < 4.78 is 3.31. The van der Waals surface area contributed by atoms with E-state index < -0.39 is 11.9 Å². The summed E-state index contributed by atoms with van der Waals surface area (Å²) in [5.41, 5.74) is 0. The zero-order valence-corrected chi connectivity index (χ0v) is 23.5. The average molecular weight is 545 g/mol. The zero-order valence-electron chi connectivity index (χ0n) is 20.7. The Kier molecular flexibility index (Phi) is 31.6. The monoisotopic (exact) mass is 546 g/mol. The molecule has 0 heterocycles. The Morgan fingerprint density at radius 3 is 1.10 bits per heavy atom. The summed E-state index contributed by atoms with van der Waals surface area (Å²) in [7, 11) is 0. The van der Waals surface area contributed by atoms with Crippen molar-refractivity contribution in [2.45, 2.75) is 151 Å². The first kappa shape index (κ1) is 32.9. The van der Waals surface area contributed by atoms with E-state index in [-0.39, 0.29) is 34.0 Å². The van der Waals surface area contributed by atoms with Gasteiger partial charge in [-0.2, -0.15) is 0 Å². The molecular formula is C26H50O4Sn. The second kappa shape index (κ2) is 29.7. The number of hydrogen-bond donors (Lipinski definition) is 0. The van der Waals surface area contributed by atoms with Crippen molar-refractivity contribution in [3.8, 4) is 0 Å². The first-order chi connectivity index (χ1) is 15.0. The molecule has 0 N–H and O–H groups in total. The van der Waals surface area contributed by atoms with Crippen molar-refractivity contribution in [2.75, 3.05) is 0 Å². The predicted molar refractivity (Wildman–Crippen MR) is 129 cm³/mol. The number of carbonyl (C=O) groups is 2. The zero-order chi connectivity index (χ0) is 23.4. The predicted octanol–water partition coefficient (Wildman–Crippen LogP) is 5.86. The van der Waals surface area contributed by atoms with Gasteiger partial charge in [0.05, 0.1) is 0 Å². The third kappa shape index (κ3) is 37.4. The summed E-state index contributed by atoms with van der Waals surface area (Å²) in [6, 6.07) is 0.